The van der Waals surface area contributed by atoms with E-state index in [0.29, 0.717) is 16.9 Å². The summed E-state index contributed by atoms with van der Waals surface area (Å²) >= 11 is 3.32. The molecule has 7 heteroatoms. The van der Waals surface area contributed by atoms with Crippen LogP contribution in [0.3, 0.4) is 0 Å². The van der Waals surface area contributed by atoms with Crippen LogP contribution in [0.5, 0.6) is 0 Å². The van der Waals surface area contributed by atoms with E-state index in [4.69, 9.17) is 4.74 Å². The van der Waals surface area contributed by atoms with Gasteiger partial charge in [0.25, 0.3) is 5.91 Å². The molecule has 0 fully saturated rings. The summed E-state index contributed by atoms with van der Waals surface area (Å²) < 4.78 is 6.00. The van der Waals surface area contributed by atoms with Gasteiger partial charge in [0.15, 0.2) is 5.82 Å². The molecule has 0 atom stereocenters. The number of carbonyl (C=O) groups is 2. The normalized spacial score (nSPS) is 10.8. The van der Waals surface area contributed by atoms with E-state index >= 15 is 0 Å². The van der Waals surface area contributed by atoms with Gasteiger partial charge in [-0.3, -0.25) is 15.6 Å². The number of pyridine rings is 1. The fourth-order valence-corrected chi connectivity index (χ4v) is 2.11. The fraction of sp³-hybridized carbons (Fsp3) is 0.235. The number of hydrogen-bond donors (Lipinski definition) is 2. The summed E-state index contributed by atoms with van der Waals surface area (Å²) in [4.78, 5) is 28.1. The van der Waals surface area contributed by atoms with Gasteiger partial charge < -0.3 is 4.74 Å². The third-order valence-electron chi connectivity index (χ3n) is 2.83. The summed E-state index contributed by atoms with van der Waals surface area (Å²) in [6, 6.07) is 9.80. The molecule has 0 bridgehead atoms. The molecule has 2 rings (SSSR count). The molecule has 0 saturated heterocycles. The molecule has 1 aromatic heterocycles. The largest absolute Gasteiger partial charge is 0.456 e. The van der Waals surface area contributed by atoms with Crippen LogP contribution in [-0.4, -0.2) is 22.5 Å². The van der Waals surface area contributed by atoms with E-state index in [-0.39, 0.29) is 5.91 Å². The second-order valence-corrected chi connectivity index (χ2v) is 6.85. The third kappa shape index (κ3) is 5.06. The molecule has 0 unspecified atom stereocenters. The molecule has 1 heterocycles. The Morgan fingerprint density at radius 1 is 1.08 bits per heavy atom. The molecule has 24 heavy (non-hydrogen) atoms. The number of hydrazine groups is 1. The first kappa shape index (κ1) is 17.9. The average Bonchev–Trinajstić information content (AvgIpc) is 2.52. The minimum Gasteiger partial charge on any atom is -0.456 e. The standard InChI is InChI=1S/C17H18BrN3O3/c1-17(2,3)24-16(23)12-8-6-11(7-9-12)15(22)21-20-14-13(18)5-4-10-19-14/h4-10H,1-3H3,(H,19,20)(H,21,22). The molecule has 0 saturated carbocycles. The van der Waals surface area contributed by atoms with Crippen molar-refractivity contribution in [3.63, 3.8) is 0 Å². The maximum atomic E-state index is 12.1. The zero-order chi connectivity index (χ0) is 17.7. The van der Waals surface area contributed by atoms with E-state index in [1.165, 1.54) is 0 Å². The summed E-state index contributed by atoms with van der Waals surface area (Å²) in [5, 5.41) is 0. The van der Waals surface area contributed by atoms with Crippen LogP contribution < -0.4 is 10.9 Å². The number of nitrogens with zero attached hydrogens (tertiary/aromatic N) is 1. The average molecular weight is 392 g/mol. The maximum Gasteiger partial charge on any atom is 0.338 e. The smallest absolute Gasteiger partial charge is 0.338 e. The van der Waals surface area contributed by atoms with Crippen LogP contribution in [0.2, 0.25) is 0 Å². The zero-order valence-corrected chi connectivity index (χ0v) is 15.2. The quantitative estimate of drug-likeness (QED) is 0.615. The molecule has 0 spiro atoms. The molecule has 126 valence electrons. The highest BCUT2D eigenvalue weighted by atomic mass is 79.9. The molecule has 2 N–H and O–H groups in total. The summed E-state index contributed by atoms with van der Waals surface area (Å²) in [6.45, 7) is 5.40. The van der Waals surface area contributed by atoms with Crippen molar-refractivity contribution < 1.29 is 14.3 Å². The van der Waals surface area contributed by atoms with Crippen molar-refractivity contribution >= 4 is 33.6 Å². The minimum atomic E-state index is -0.562. The first-order valence-corrected chi connectivity index (χ1v) is 8.06. The lowest BCUT2D eigenvalue weighted by Crippen LogP contribution is -2.30. The lowest BCUT2D eigenvalue weighted by Gasteiger charge is -2.19. The van der Waals surface area contributed by atoms with Crippen molar-refractivity contribution in [2.75, 3.05) is 5.43 Å². The molecule has 0 aliphatic heterocycles. The number of hydrogen-bond acceptors (Lipinski definition) is 5. The predicted molar refractivity (Wildman–Crippen MR) is 94.6 cm³/mol. The molecule has 2 aromatic rings. The lowest BCUT2D eigenvalue weighted by molar-refractivity contribution is 0.00693. The number of halogens is 1. The number of rotatable bonds is 4. The molecule has 0 aliphatic carbocycles. The Morgan fingerprint density at radius 3 is 2.29 bits per heavy atom. The van der Waals surface area contributed by atoms with Gasteiger partial charge in [0, 0.05) is 11.8 Å². The van der Waals surface area contributed by atoms with Gasteiger partial charge in [0.2, 0.25) is 0 Å². The van der Waals surface area contributed by atoms with Gasteiger partial charge in [0.05, 0.1) is 10.0 Å². The number of ether oxygens (including phenoxy) is 1. The van der Waals surface area contributed by atoms with Gasteiger partial charge in [-0.15, -0.1) is 0 Å². The van der Waals surface area contributed by atoms with Crippen LogP contribution in [0.25, 0.3) is 0 Å². The van der Waals surface area contributed by atoms with Gasteiger partial charge >= 0.3 is 5.97 Å². The number of anilines is 1. The molecule has 1 amide bonds. The van der Waals surface area contributed by atoms with Crippen LogP contribution in [0.15, 0.2) is 47.1 Å². The molecule has 6 nitrogen and oxygen atoms in total. The maximum absolute atomic E-state index is 12.1. The number of esters is 1. The van der Waals surface area contributed by atoms with Gasteiger partial charge in [-0.1, -0.05) is 0 Å². The van der Waals surface area contributed by atoms with E-state index in [1.54, 1.807) is 63.4 Å². The summed E-state index contributed by atoms with van der Waals surface area (Å²) in [7, 11) is 0. The highest BCUT2D eigenvalue weighted by molar-refractivity contribution is 9.10. The third-order valence-corrected chi connectivity index (χ3v) is 3.47. The number of carbonyl (C=O) groups excluding carboxylic acids is 2. The van der Waals surface area contributed by atoms with Gasteiger partial charge in [-0.2, -0.15) is 0 Å². The summed E-state index contributed by atoms with van der Waals surface area (Å²) in [6.07, 6.45) is 1.61. The molecule has 1 aromatic carbocycles. The minimum absolute atomic E-state index is 0.344. The molecule has 0 radical (unpaired) electrons. The second kappa shape index (κ2) is 7.44. The summed E-state index contributed by atoms with van der Waals surface area (Å²) in [5.74, 6) is -0.274. The van der Waals surface area contributed by atoms with Crippen molar-refractivity contribution in [2.45, 2.75) is 26.4 Å². The van der Waals surface area contributed by atoms with Crippen molar-refractivity contribution in [2.24, 2.45) is 0 Å². The topological polar surface area (TPSA) is 80.3 Å². The van der Waals surface area contributed by atoms with Crippen LogP contribution in [0.1, 0.15) is 41.5 Å². The van der Waals surface area contributed by atoms with Gasteiger partial charge in [-0.05, 0) is 73.1 Å². The monoisotopic (exact) mass is 391 g/mol. The Labute approximate surface area is 148 Å². The second-order valence-electron chi connectivity index (χ2n) is 5.99. The van der Waals surface area contributed by atoms with E-state index in [0.717, 1.165) is 4.47 Å². The van der Waals surface area contributed by atoms with Crippen LogP contribution in [0, 0.1) is 0 Å². The van der Waals surface area contributed by atoms with Gasteiger partial charge in [-0.25, -0.2) is 9.78 Å². The zero-order valence-electron chi connectivity index (χ0n) is 13.6. The first-order chi connectivity index (χ1) is 11.3. The fourth-order valence-electron chi connectivity index (χ4n) is 1.76. The van der Waals surface area contributed by atoms with Crippen LogP contribution >= 0.6 is 15.9 Å². The lowest BCUT2D eigenvalue weighted by atomic mass is 10.1. The summed E-state index contributed by atoms with van der Waals surface area (Å²) in [5.41, 5.74) is 5.51. The molecular weight excluding hydrogens is 374 g/mol. The molecular formula is C17H18BrN3O3. The number of aromatic nitrogens is 1. The number of nitrogens with one attached hydrogen (secondary N) is 2. The highest BCUT2D eigenvalue weighted by Gasteiger charge is 2.18. The van der Waals surface area contributed by atoms with Crippen LogP contribution in [-0.2, 0) is 4.74 Å². The first-order valence-electron chi connectivity index (χ1n) is 7.26. The van der Waals surface area contributed by atoms with Crippen molar-refractivity contribution in [1.82, 2.24) is 10.4 Å². The van der Waals surface area contributed by atoms with Crippen LogP contribution in [0.4, 0.5) is 5.82 Å². The van der Waals surface area contributed by atoms with Crippen molar-refractivity contribution in [3.05, 3.63) is 58.2 Å². The van der Waals surface area contributed by atoms with E-state index in [9.17, 15) is 9.59 Å². The Hall–Kier alpha value is -2.41. The Bertz CT molecular complexity index is 739. The SMILES string of the molecule is CC(C)(C)OC(=O)c1ccc(C(=O)NNc2ncccc2Br)cc1. The highest BCUT2D eigenvalue weighted by Crippen LogP contribution is 2.17. The van der Waals surface area contributed by atoms with E-state index in [2.05, 4.69) is 31.8 Å². The van der Waals surface area contributed by atoms with Gasteiger partial charge in [0.1, 0.15) is 5.60 Å². The van der Waals surface area contributed by atoms with E-state index in [1.807, 2.05) is 0 Å². The molecule has 0 aliphatic rings. The van der Waals surface area contributed by atoms with Crippen molar-refractivity contribution in [1.29, 1.82) is 0 Å². The Morgan fingerprint density at radius 2 is 1.71 bits per heavy atom. The Balaban J connectivity index is 1.99. The van der Waals surface area contributed by atoms with Crippen molar-refractivity contribution in [3.8, 4) is 0 Å². The van der Waals surface area contributed by atoms with E-state index < -0.39 is 11.6 Å². The predicted octanol–water partition coefficient (Wildman–Crippen LogP) is 3.56. The Kier molecular flexibility index (Phi) is 5.56. The number of amides is 1. The number of benzene rings is 1.